The van der Waals surface area contributed by atoms with Crippen LogP contribution in [-0.2, 0) is 0 Å². The molecule has 0 saturated heterocycles. The van der Waals surface area contributed by atoms with Gasteiger partial charge in [0.25, 0.3) is 0 Å². The van der Waals surface area contributed by atoms with Gasteiger partial charge in [-0.1, -0.05) is 18.2 Å². The summed E-state index contributed by atoms with van der Waals surface area (Å²) < 4.78 is 12.5. The third-order valence-electron chi connectivity index (χ3n) is 5.06. The van der Waals surface area contributed by atoms with E-state index in [1.165, 1.54) is 19.2 Å². The van der Waals surface area contributed by atoms with Gasteiger partial charge < -0.3 is 20.3 Å². The van der Waals surface area contributed by atoms with Crippen LogP contribution in [0.15, 0.2) is 53.9 Å². The van der Waals surface area contributed by atoms with E-state index in [1.54, 1.807) is 11.6 Å². The van der Waals surface area contributed by atoms with Gasteiger partial charge in [-0.05, 0) is 30.7 Å². The fraction of sp³-hybridized carbons (Fsp3) is 0.143. The molecule has 0 fully saturated rings. The Morgan fingerprint density at radius 1 is 1.35 bits per heavy atom. The molecule has 3 aromatic rings. The van der Waals surface area contributed by atoms with Crippen LogP contribution in [-0.4, -0.2) is 26.9 Å². The van der Waals surface area contributed by atoms with Gasteiger partial charge >= 0.3 is 5.69 Å². The molecule has 2 heterocycles. The number of para-hydroxylation sites is 1. The number of nitrogens with zero attached hydrogens (tertiary/aromatic N) is 4. The molecule has 0 bridgehead atoms. The van der Waals surface area contributed by atoms with Gasteiger partial charge in [-0.25, -0.2) is 4.68 Å². The molecular formula is C21H17N5O5. The van der Waals surface area contributed by atoms with E-state index < -0.39 is 22.3 Å². The number of aromatic hydroxyl groups is 1. The minimum Gasteiger partial charge on any atom is -0.500 e. The number of fused-ring (bicyclic) bond motifs is 1. The van der Waals surface area contributed by atoms with E-state index in [1.807, 2.05) is 36.4 Å². The number of hydrogen-bond acceptors (Lipinski definition) is 8. The molecule has 1 unspecified atom stereocenters. The van der Waals surface area contributed by atoms with Gasteiger partial charge in [0.2, 0.25) is 17.5 Å². The first-order chi connectivity index (χ1) is 14.9. The standard InChI is InChI=1S/C21H17N5O5/c1-11-17-18(12-8-15(26(28)29)19(27)16(9-12)30-2)14(10-22)20(23)31-21(17)25(24-11)13-6-4-3-5-7-13/h3-9,18,27H,23H2,1-2H3. The molecule has 0 amide bonds. The Hall–Kier alpha value is -4.52. The van der Waals surface area contributed by atoms with Crippen LogP contribution in [0.5, 0.6) is 17.4 Å². The van der Waals surface area contributed by atoms with Crippen LogP contribution in [0.2, 0.25) is 0 Å². The van der Waals surface area contributed by atoms with Crippen LogP contribution in [0.25, 0.3) is 5.69 Å². The summed E-state index contributed by atoms with van der Waals surface area (Å²) in [6, 6.07) is 13.9. The highest BCUT2D eigenvalue weighted by molar-refractivity contribution is 5.63. The third-order valence-corrected chi connectivity index (χ3v) is 5.06. The number of aromatic nitrogens is 2. The van der Waals surface area contributed by atoms with E-state index in [-0.39, 0.29) is 17.2 Å². The molecule has 0 aliphatic carbocycles. The summed E-state index contributed by atoms with van der Waals surface area (Å²) >= 11 is 0. The van der Waals surface area contributed by atoms with Crippen molar-refractivity contribution in [2.24, 2.45) is 5.73 Å². The van der Waals surface area contributed by atoms with Gasteiger partial charge in [0.1, 0.15) is 11.6 Å². The molecule has 1 atom stereocenters. The number of methoxy groups -OCH3 is 1. The van der Waals surface area contributed by atoms with Crippen molar-refractivity contribution in [3.63, 3.8) is 0 Å². The molecule has 31 heavy (non-hydrogen) atoms. The first-order valence-electron chi connectivity index (χ1n) is 9.15. The smallest absolute Gasteiger partial charge is 0.314 e. The monoisotopic (exact) mass is 419 g/mol. The summed E-state index contributed by atoms with van der Waals surface area (Å²) in [5.74, 6) is -1.33. The first kappa shape index (κ1) is 19.8. The van der Waals surface area contributed by atoms with Crippen molar-refractivity contribution in [2.75, 3.05) is 7.11 Å². The van der Waals surface area contributed by atoms with E-state index in [0.717, 1.165) is 0 Å². The topological polar surface area (TPSA) is 149 Å². The zero-order chi connectivity index (χ0) is 22.3. The van der Waals surface area contributed by atoms with Crippen LogP contribution in [0.1, 0.15) is 22.7 Å². The number of phenolic OH excluding ortho intramolecular Hbond substituents is 1. The maximum absolute atomic E-state index is 11.5. The van der Waals surface area contributed by atoms with E-state index in [4.69, 9.17) is 15.2 Å². The number of nitrogens with two attached hydrogens (primary N) is 1. The molecule has 0 spiro atoms. The van der Waals surface area contributed by atoms with Crippen LogP contribution in [0.3, 0.4) is 0 Å². The number of allylic oxidation sites excluding steroid dienone is 1. The first-order valence-corrected chi connectivity index (χ1v) is 9.15. The SMILES string of the molecule is COc1cc(C2C(C#N)=C(N)Oc3c2c(C)nn3-c2ccccc2)cc([N+](=O)[O-])c1O. The van der Waals surface area contributed by atoms with E-state index in [9.17, 15) is 20.5 Å². The summed E-state index contributed by atoms with van der Waals surface area (Å²) in [5.41, 5.74) is 7.73. The van der Waals surface area contributed by atoms with Gasteiger partial charge in [-0.3, -0.25) is 10.1 Å². The Labute approximate surface area is 176 Å². The lowest BCUT2D eigenvalue weighted by molar-refractivity contribution is -0.386. The average molecular weight is 419 g/mol. The highest BCUT2D eigenvalue weighted by Crippen LogP contribution is 2.48. The lowest BCUT2D eigenvalue weighted by Gasteiger charge is -2.25. The summed E-state index contributed by atoms with van der Waals surface area (Å²) in [6.07, 6.45) is 0. The number of ether oxygens (including phenoxy) is 2. The Morgan fingerprint density at radius 3 is 2.68 bits per heavy atom. The number of rotatable bonds is 4. The largest absolute Gasteiger partial charge is 0.500 e. The van der Waals surface area contributed by atoms with Crippen molar-refractivity contribution in [3.8, 4) is 29.1 Å². The van der Waals surface area contributed by atoms with E-state index in [0.29, 0.717) is 28.4 Å². The number of nitro benzene ring substituents is 1. The average Bonchev–Trinajstić information content (AvgIpc) is 3.09. The molecule has 10 nitrogen and oxygen atoms in total. The van der Waals surface area contributed by atoms with Gasteiger partial charge in [0, 0.05) is 6.07 Å². The fourth-order valence-corrected chi connectivity index (χ4v) is 3.67. The third kappa shape index (κ3) is 3.08. The lowest BCUT2D eigenvalue weighted by atomic mass is 9.83. The molecule has 10 heteroatoms. The fourth-order valence-electron chi connectivity index (χ4n) is 3.67. The zero-order valence-corrected chi connectivity index (χ0v) is 16.6. The van der Waals surface area contributed by atoms with Gasteiger partial charge in [-0.15, -0.1) is 0 Å². The molecule has 0 radical (unpaired) electrons. The van der Waals surface area contributed by atoms with Crippen LogP contribution in [0.4, 0.5) is 5.69 Å². The Bertz CT molecular complexity index is 1270. The van der Waals surface area contributed by atoms with Crippen molar-refractivity contribution in [2.45, 2.75) is 12.8 Å². The van der Waals surface area contributed by atoms with Crippen molar-refractivity contribution >= 4 is 5.69 Å². The predicted molar refractivity (Wildman–Crippen MR) is 109 cm³/mol. The summed E-state index contributed by atoms with van der Waals surface area (Å²) in [6.45, 7) is 1.75. The highest BCUT2D eigenvalue weighted by Gasteiger charge is 2.37. The van der Waals surface area contributed by atoms with Gasteiger partial charge in [-0.2, -0.15) is 10.4 Å². The Kier molecular flexibility index (Phi) is 4.71. The highest BCUT2D eigenvalue weighted by atomic mass is 16.6. The lowest BCUT2D eigenvalue weighted by Crippen LogP contribution is -2.22. The molecule has 1 aromatic heterocycles. The molecule has 1 aliphatic heterocycles. The van der Waals surface area contributed by atoms with Crippen molar-refractivity contribution in [3.05, 3.63) is 80.9 Å². The van der Waals surface area contributed by atoms with Gasteiger partial charge in [0.15, 0.2) is 5.75 Å². The van der Waals surface area contributed by atoms with Crippen LogP contribution < -0.4 is 15.2 Å². The minimum absolute atomic E-state index is 0.0743. The Morgan fingerprint density at radius 2 is 2.06 bits per heavy atom. The molecule has 3 N–H and O–H groups in total. The molecule has 4 rings (SSSR count). The predicted octanol–water partition coefficient (Wildman–Crippen LogP) is 3.02. The van der Waals surface area contributed by atoms with Crippen LogP contribution >= 0.6 is 0 Å². The summed E-state index contributed by atoms with van der Waals surface area (Å²) in [7, 11) is 1.28. The van der Waals surface area contributed by atoms with Gasteiger partial charge in [0.05, 0.1) is 34.9 Å². The second kappa shape index (κ2) is 7.38. The second-order valence-corrected chi connectivity index (χ2v) is 6.82. The van der Waals surface area contributed by atoms with Crippen molar-refractivity contribution in [1.82, 2.24) is 9.78 Å². The number of nitriles is 1. The quantitative estimate of drug-likeness (QED) is 0.484. The normalized spacial score (nSPS) is 15.1. The summed E-state index contributed by atoms with van der Waals surface area (Å²) in [5, 5.41) is 36.0. The van der Waals surface area contributed by atoms with E-state index >= 15 is 0 Å². The second-order valence-electron chi connectivity index (χ2n) is 6.82. The molecule has 1 aliphatic rings. The maximum atomic E-state index is 11.5. The molecule has 156 valence electrons. The number of hydrogen-bond donors (Lipinski definition) is 2. The number of nitro groups is 1. The Balaban J connectivity index is 2.00. The molecule has 2 aromatic carbocycles. The van der Waals surface area contributed by atoms with Crippen molar-refractivity contribution < 1.29 is 19.5 Å². The number of benzene rings is 2. The zero-order valence-electron chi connectivity index (χ0n) is 16.6. The number of aryl methyl sites for hydroxylation is 1. The minimum atomic E-state index is -0.806. The van der Waals surface area contributed by atoms with Crippen molar-refractivity contribution in [1.29, 1.82) is 5.26 Å². The molecule has 0 saturated carbocycles. The summed E-state index contributed by atoms with van der Waals surface area (Å²) in [4.78, 5) is 10.8. The number of phenols is 1. The maximum Gasteiger partial charge on any atom is 0.314 e. The van der Waals surface area contributed by atoms with E-state index in [2.05, 4.69) is 5.10 Å². The molecular weight excluding hydrogens is 402 g/mol. The van der Waals surface area contributed by atoms with Crippen LogP contribution in [0, 0.1) is 28.4 Å².